The van der Waals surface area contributed by atoms with Gasteiger partial charge in [0, 0.05) is 19.5 Å². The van der Waals surface area contributed by atoms with Gasteiger partial charge in [0.25, 0.3) is 0 Å². The van der Waals surface area contributed by atoms with Crippen molar-refractivity contribution < 1.29 is 4.52 Å². The van der Waals surface area contributed by atoms with Crippen LogP contribution in [0, 0.1) is 6.92 Å². The lowest BCUT2D eigenvalue weighted by atomic mass is 10.3. The lowest BCUT2D eigenvalue weighted by Crippen LogP contribution is -2.32. The summed E-state index contributed by atoms with van der Waals surface area (Å²) in [6.45, 7) is 4.99. The predicted molar refractivity (Wildman–Crippen MR) is 44.4 cm³/mol. The normalized spacial score (nSPS) is 13.2. The van der Waals surface area contributed by atoms with E-state index in [1.807, 2.05) is 6.92 Å². The van der Waals surface area contributed by atoms with Crippen LogP contribution in [0.25, 0.3) is 0 Å². The van der Waals surface area contributed by atoms with Crippen molar-refractivity contribution in [2.24, 2.45) is 5.73 Å². The molecule has 1 atom stereocenters. The molecule has 0 saturated carbocycles. The molecule has 12 heavy (non-hydrogen) atoms. The van der Waals surface area contributed by atoms with Crippen LogP contribution in [0.2, 0.25) is 0 Å². The summed E-state index contributed by atoms with van der Waals surface area (Å²) in [5.41, 5.74) is 5.41. The minimum absolute atomic E-state index is 0.281. The van der Waals surface area contributed by atoms with Crippen molar-refractivity contribution in [3.63, 3.8) is 0 Å². The first-order valence-electron chi connectivity index (χ1n) is 3.95. The van der Waals surface area contributed by atoms with Crippen LogP contribution in [0.5, 0.6) is 0 Å². The molecule has 1 aromatic rings. The molecule has 1 unspecified atom stereocenters. The molecular weight excluding hydrogens is 156 g/mol. The largest absolute Gasteiger partial charge is 0.340 e. The van der Waals surface area contributed by atoms with Crippen LogP contribution in [-0.4, -0.2) is 22.7 Å². The number of aryl methyl sites for hydroxylation is 1. The Morgan fingerprint density at radius 3 is 2.92 bits per heavy atom. The Morgan fingerprint density at radius 2 is 2.42 bits per heavy atom. The van der Waals surface area contributed by atoms with Gasteiger partial charge >= 0.3 is 0 Å². The molecule has 1 rings (SSSR count). The smallest absolute Gasteiger partial charge is 0.223 e. The lowest BCUT2D eigenvalue weighted by molar-refractivity contribution is 0.384. The number of nitrogens with two attached hydrogens (primary N) is 1. The standard InChI is InChI=1S/C7H14N4O/c1-5(3-8)9-4-7-10-6(2)12-11-7/h5,9H,3-4,8H2,1-2H3. The first-order chi connectivity index (χ1) is 5.72. The average Bonchev–Trinajstić information content (AvgIpc) is 2.47. The van der Waals surface area contributed by atoms with Gasteiger partial charge in [-0.3, -0.25) is 0 Å². The molecule has 0 spiro atoms. The Hall–Kier alpha value is -0.940. The molecule has 0 aliphatic carbocycles. The molecule has 0 aromatic carbocycles. The van der Waals surface area contributed by atoms with Crippen LogP contribution in [0.3, 0.4) is 0 Å². The molecule has 0 radical (unpaired) electrons. The third-order valence-electron chi connectivity index (χ3n) is 1.53. The highest BCUT2D eigenvalue weighted by atomic mass is 16.5. The van der Waals surface area contributed by atoms with E-state index >= 15 is 0 Å². The summed E-state index contributed by atoms with van der Waals surface area (Å²) >= 11 is 0. The molecule has 3 N–H and O–H groups in total. The zero-order chi connectivity index (χ0) is 8.97. The molecule has 1 aromatic heterocycles. The second kappa shape index (κ2) is 4.18. The van der Waals surface area contributed by atoms with Crippen molar-refractivity contribution in [1.82, 2.24) is 15.5 Å². The highest BCUT2D eigenvalue weighted by Crippen LogP contribution is 1.94. The molecule has 68 valence electrons. The number of nitrogens with zero attached hydrogens (tertiary/aromatic N) is 2. The lowest BCUT2D eigenvalue weighted by Gasteiger charge is -2.07. The fourth-order valence-corrected chi connectivity index (χ4v) is 0.762. The first kappa shape index (κ1) is 9.15. The fourth-order valence-electron chi connectivity index (χ4n) is 0.762. The van der Waals surface area contributed by atoms with Crippen molar-refractivity contribution in [3.8, 4) is 0 Å². The van der Waals surface area contributed by atoms with E-state index in [4.69, 9.17) is 10.3 Å². The molecule has 5 heteroatoms. The minimum Gasteiger partial charge on any atom is -0.340 e. The quantitative estimate of drug-likeness (QED) is 0.655. The molecular formula is C7H14N4O. The van der Waals surface area contributed by atoms with Gasteiger partial charge in [0.05, 0.1) is 6.54 Å². The number of hydrogen-bond acceptors (Lipinski definition) is 5. The molecule has 0 saturated heterocycles. The predicted octanol–water partition coefficient (Wildman–Crippen LogP) is -0.185. The number of hydrogen-bond donors (Lipinski definition) is 2. The third kappa shape index (κ3) is 2.60. The maximum Gasteiger partial charge on any atom is 0.223 e. The van der Waals surface area contributed by atoms with Crippen LogP contribution in [0.1, 0.15) is 18.6 Å². The summed E-state index contributed by atoms with van der Waals surface area (Å²) in [5, 5.41) is 6.88. The van der Waals surface area contributed by atoms with Crippen LogP contribution in [0.15, 0.2) is 4.52 Å². The molecule has 0 aliphatic heterocycles. The summed E-state index contributed by atoms with van der Waals surface area (Å²) < 4.78 is 4.80. The van der Waals surface area contributed by atoms with E-state index in [1.54, 1.807) is 6.92 Å². The summed E-state index contributed by atoms with van der Waals surface area (Å²) in [6, 6.07) is 0.281. The first-order valence-corrected chi connectivity index (χ1v) is 3.95. The van der Waals surface area contributed by atoms with E-state index in [1.165, 1.54) is 0 Å². The fraction of sp³-hybridized carbons (Fsp3) is 0.714. The minimum atomic E-state index is 0.281. The molecule has 0 fully saturated rings. The Kier molecular flexibility index (Phi) is 3.19. The van der Waals surface area contributed by atoms with Gasteiger partial charge in [-0.2, -0.15) is 4.98 Å². The van der Waals surface area contributed by atoms with E-state index in [0.717, 1.165) is 0 Å². The number of rotatable bonds is 4. The monoisotopic (exact) mass is 170 g/mol. The zero-order valence-electron chi connectivity index (χ0n) is 7.37. The SMILES string of the molecule is Cc1nc(CNC(C)CN)no1. The Balaban J connectivity index is 2.33. The summed E-state index contributed by atoms with van der Waals surface area (Å²) in [5.74, 6) is 1.26. The summed E-state index contributed by atoms with van der Waals surface area (Å²) in [4.78, 5) is 4.04. The van der Waals surface area contributed by atoms with Crippen molar-refractivity contribution in [2.75, 3.05) is 6.54 Å². The Morgan fingerprint density at radius 1 is 1.67 bits per heavy atom. The third-order valence-corrected chi connectivity index (χ3v) is 1.53. The zero-order valence-corrected chi connectivity index (χ0v) is 7.37. The van der Waals surface area contributed by atoms with Crippen LogP contribution >= 0.6 is 0 Å². The van der Waals surface area contributed by atoms with Crippen molar-refractivity contribution >= 4 is 0 Å². The van der Waals surface area contributed by atoms with Crippen LogP contribution < -0.4 is 11.1 Å². The van der Waals surface area contributed by atoms with E-state index in [-0.39, 0.29) is 6.04 Å². The van der Waals surface area contributed by atoms with E-state index < -0.39 is 0 Å². The van der Waals surface area contributed by atoms with Gasteiger partial charge in [-0.15, -0.1) is 0 Å². The molecule has 0 bridgehead atoms. The van der Waals surface area contributed by atoms with Crippen molar-refractivity contribution in [1.29, 1.82) is 0 Å². The van der Waals surface area contributed by atoms with Gasteiger partial charge in [-0.25, -0.2) is 0 Å². The van der Waals surface area contributed by atoms with E-state index in [0.29, 0.717) is 24.8 Å². The highest BCUT2D eigenvalue weighted by Gasteiger charge is 2.03. The van der Waals surface area contributed by atoms with Crippen LogP contribution in [-0.2, 0) is 6.54 Å². The Bertz CT molecular complexity index is 235. The van der Waals surface area contributed by atoms with Gasteiger partial charge < -0.3 is 15.6 Å². The van der Waals surface area contributed by atoms with Gasteiger partial charge in [-0.1, -0.05) is 5.16 Å². The maximum atomic E-state index is 5.41. The maximum absolute atomic E-state index is 5.41. The molecule has 5 nitrogen and oxygen atoms in total. The van der Waals surface area contributed by atoms with Crippen molar-refractivity contribution in [3.05, 3.63) is 11.7 Å². The van der Waals surface area contributed by atoms with Crippen LogP contribution in [0.4, 0.5) is 0 Å². The topological polar surface area (TPSA) is 77.0 Å². The average molecular weight is 170 g/mol. The second-order valence-electron chi connectivity index (χ2n) is 2.75. The second-order valence-corrected chi connectivity index (χ2v) is 2.75. The van der Waals surface area contributed by atoms with Crippen molar-refractivity contribution in [2.45, 2.75) is 26.4 Å². The highest BCUT2D eigenvalue weighted by molar-refractivity contribution is 4.83. The Labute approximate surface area is 71.3 Å². The number of aromatic nitrogens is 2. The van der Waals surface area contributed by atoms with Gasteiger partial charge in [0.2, 0.25) is 5.89 Å². The van der Waals surface area contributed by atoms with Gasteiger partial charge in [-0.05, 0) is 6.92 Å². The molecule has 1 heterocycles. The van der Waals surface area contributed by atoms with E-state index in [9.17, 15) is 0 Å². The van der Waals surface area contributed by atoms with Gasteiger partial charge in [0.1, 0.15) is 0 Å². The summed E-state index contributed by atoms with van der Waals surface area (Å²) in [6.07, 6.45) is 0. The summed E-state index contributed by atoms with van der Waals surface area (Å²) in [7, 11) is 0. The molecule has 0 amide bonds. The van der Waals surface area contributed by atoms with E-state index in [2.05, 4.69) is 15.5 Å². The molecule has 0 aliphatic rings. The van der Waals surface area contributed by atoms with Gasteiger partial charge in [0.15, 0.2) is 5.82 Å². The number of nitrogens with one attached hydrogen (secondary N) is 1.